The van der Waals surface area contributed by atoms with Gasteiger partial charge in [-0.15, -0.1) is 0 Å². The summed E-state index contributed by atoms with van der Waals surface area (Å²) in [7, 11) is 0. The van der Waals surface area contributed by atoms with Gasteiger partial charge in [0.05, 0.1) is 11.2 Å². The lowest BCUT2D eigenvalue weighted by Crippen LogP contribution is -2.54. The zero-order valence-electron chi connectivity index (χ0n) is 9.92. The van der Waals surface area contributed by atoms with Crippen LogP contribution in [0.2, 0.25) is 0 Å². The van der Waals surface area contributed by atoms with E-state index in [-0.39, 0.29) is 11.6 Å². The van der Waals surface area contributed by atoms with E-state index in [0.29, 0.717) is 0 Å². The van der Waals surface area contributed by atoms with Crippen molar-refractivity contribution in [2.75, 3.05) is 11.9 Å². The van der Waals surface area contributed by atoms with Crippen LogP contribution in [0.25, 0.3) is 0 Å². The minimum absolute atomic E-state index is 0.165. The van der Waals surface area contributed by atoms with E-state index in [2.05, 4.69) is 10.6 Å². The fourth-order valence-corrected chi connectivity index (χ4v) is 2.07. The number of carbonyl (C=O) groups excluding carboxylic acids is 1. The molecule has 4 heteroatoms. The summed E-state index contributed by atoms with van der Waals surface area (Å²) in [6.45, 7) is 2.70. The summed E-state index contributed by atoms with van der Waals surface area (Å²) in [6, 6.07) is 6.21. The average Bonchev–Trinajstić information content (AvgIpc) is 2.33. The normalized spacial score (nSPS) is 24.4. The molecule has 1 unspecified atom stereocenters. The molecule has 0 spiro atoms. The van der Waals surface area contributed by atoms with Crippen molar-refractivity contribution in [3.05, 3.63) is 30.1 Å². The molecule has 17 heavy (non-hydrogen) atoms. The van der Waals surface area contributed by atoms with E-state index < -0.39 is 11.4 Å². The Kier molecular flexibility index (Phi) is 3.43. The van der Waals surface area contributed by atoms with Gasteiger partial charge in [0.1, 0.15) is 5.82 Å². The van der Waals surface area contributed by atoms with Crippen LogP contribution in [0, 0.1) is 5.82 Å². The van der Waals surface area contributed by atoms with Crippen LogP contribution in [0.15, 0.2) is 24.3 Å². The van der Waals surface area contributed by atoms with Gasteiger partial charge >= 0.3 is 0 Å². The summed E-state index contributed by atoms with van der Waals surface area (Å²) in [5.74, 6) is -0.567. The maximum atomic E-state index is 13.4. The van der Waals surface area contributed by atoms with Crippen molar-refractivity contribution in [2.24, 2.45) is 0 Å². The van der Waals surface area contributed by atoms with E-state index in [1.54, 1.807) is 18.2 Å². The molecule has 92 valence electrons. The van der Waals surface area contributed by atoms with E-state index in [0.717, 1.165) is 25.8 Å². The topological polar surface area (TPSA) is 41.1 Å². The Balaban J connectivity index is 2.08. The first kappa shape index (κ1) is 12.0. The number of halogens is 1. The Hall–Kier alpha value is -1.42. The first-order valence-electron chi connectivity index (χ1n) is 5.93. The maximum absolute atomic E-state index is 13.4. The van der Waals surface area contributed by atoms with Crippen LogP contribution in [0.1, 0.15) is 26.2 Å². The van der Waals surface area contributed by atoms with Gasteiger partial charge < -0.3 is 10.6 Å². The molecule has 1 atom stereocenters. The van der Waals surface area contributed by atoms with Crippen molar-refractivity contribution in [3.8, 4) is 0 Å². The van der Waals surface area contributed by atoms with Gasteiger partial charge in [0.25, 0.3) is 0 Å². The molecule has 3 nitrogen and oxygen atoms in total. The summed E-state index contributed by atoms with van der Waals surface area (Å²) >= 11 is 0. The Morgan fingerprint density at radius 2 is 2.18 bits per heavy atom. The van der Waals surface area contributed by atoms with Crippen LogP contribution < -0.4 is 10.6 Å². The summed E-state index contributed by atoms with van der Waals surface area (Å²) in [6.07, 6.45) is 2.89. The van der Waals surface area contributed by atoms with Gasteiger partial charge in [-0.3, -0.25) is 4.79 Å². The highest BCUT2D eigenvalue weighted by molar-refractivity contribution is 5.97. The molecule has 0 aromatic heterocycles. The highest BCUT2D eigenvalue weighted by Gasteiger charge is 2.34. The third kappa shape index (κ3) is 2.64. The average molecular weight is 236 g/mol. The van der Waals surface area contributed by atoms with E-state index in [9.17, 15) is 9.18 Å². The molecule has 1 aromatic rings. The molecule has 2 N–H and O–H groups in total. The second kappa shape index (κ2) is 4.84. The van der Waals surface area contributed by atoms with Gasteiger partial charge in [-0.25, -0.2) is 4.39 Å². The van der Waals surface area contributed by atoms with Crippen LogP contribution in [0.4, 0.5) is 10.1 Å². The van der Waals surface area contributed by atoms with Gasteiger partial charge in [-0.1, -0.05) is 12.1 Å². The lowest BCUT2D eigenvalue weighted by molar-refractivity contribution is -0.122. The van der Waals surface area contributed by atoms with E-state index in [4.69, 9.17) is 0 Å². The number of hydrogen-bond donors (Lipinski definition) is 2. The molecule has 1 amide bonds. The standard InChI is InChI=1S/C13H17FN2O/c1-13(8-4-5-9-15-13)12(17)16-11-7-3-2-6-10(11)14/h2-3,6-7,15H,4-5,8-9H2,1H3,(H,16,17). The van der Waals surface area contributed by atoms with Crippen LogP contribution in [0.3, 0.4) is 0 Å². The SMILES string of the molecule is CC1(C(=O)Nc2ccccc2F)CCCCN1. The predicted octanol–water partition coefficient (Wildman–Crippen LogP) is 2.30. The number of benzene rings is 1. The first-order valence-corrected chi connectivity index (χ1v) is 5.93. The lowest BCUT2D eigenvalue weighted by atomic mass is 9.90. The Labute approximate surface area is 100 Å². The molecule has 1 heterocycles. The highest BCUT2D eigenvalue weighted by Crippen LogP contribution is 2.21. The van der Waals surface area contributed by atoms with Crippen LogP contribution in [-0.4, -0.2) is 18.0 Å². The molecule has 1 aliphatic heterocycles. The van der Waals surface area contributed by atoms with Crippen LogP contribution in [-0.2, 0) is 4.79 Å². The van der Waals surface area contributed by atoms with E-state index in [1.165, 1.54) is 6.07 Å². The third-order valence-corrected chi connectivity index (χ3v) is 3.24. The first-order chi connectivity index (χ1) is 8.12. The Morgan fingerprint density at radius 3 is 2.82 bits per heavy atom. The molecule has 0 radical (unpaired) electrons. The monoisotopic (exact) mass is 236 g/mol. The smallest absolute Gasteiger partial charge is 0.244 e. The van der Waals surface area contributed by atoms with Crippen molar-refractivity contribution in [2.45, 2.75) is 31.7 Å². The number of anilines is 1. The molecular formula is C13H17FN2O. The quantitative estimate of drug-likeness (QED) is 0.827. The number of rotatable bonds is 2. The molecule has 2 rings (SSSR count). The fourth-order valence-electron chi connectivity index (χ4n) is 2.07. The summed E-state index contributed by atoms with van der Waals surface area (Å²) < 4.78 is 13.4. The largest absolute Gasteiger partial charge is 0.322 e. The molecule has 1 aliphatic rings. The highest BCUT2D eigenvalue weighted by atomic mass is 19.1. The van der Waals surface area contributed by atoms with Gasteiger partial charge in [-0.2, -0.15) is 0 Å². The summed E-state index contributed by atoms with van der Waals surface area (Å²) in [5, 5.41) is 5.84. The van der Waals surface area contributed by atoms with Crippen LogP contribution >= 0.6 is 0 Å². The third-order valence-electron chi connectivity index (χ3n) is 3.24. The van der Waals surface area contributed by atoms with Crippen molar-refractivity contribution in [3.63, 3.8) is 0 Å². The minimum Gasteiger partial charge on any atom is -0.322 e. The number of amides is 1. The molecule has 0 aliphatic carbocycles. The Bertz CT molecular complexity index is 414. The van der Waals surface area contributed by atoms with E-state index in [1.807, 2.05) is 6.92 Å². The number of para-hydroxylation sites is 1. The Morgan fingerprint density at radius 1 is 1.41 bits per heavy atom. The van der Waals surface area contributed by atoms with Crippen molar-refractivity contribution >= 4 is 11.6 Å². The summed E-state index contributed by atoms with van der Waals surface area (Å²) in [5.41, 5.74) is -0.341. The van der Waals surface area contributed by atoms with Crippen molar-refractivity contribution in [1.29, 1.82) is 0 Å². The molecule has 0 saturated carbocycles. The van der Waals surface area contributed by atoms with Gasteiger partial charge in [0.15, 0.2) is 0 Å². The zero-order valence-corrected chi connectivity index (χ0v) is 9.92. The molecule has 1 aromatic carbocycles. The van der Waals surface area contributed by atoms with Crippen molar-refractivity contribution < 1.29 is 9.18 Å². The van der Waals surface area contributed by atoms with Gasteiger partial charge in [0, 0.05) is 0 Å². The second-order valence-electron chi connectivity index (χ2n) is 4.65. The summed E-state index contributed by atoms with van der Waals surface area (Å²) in [4.78, 5) is 12.1. The number of carbonyl (C=O) groups is 1. The predicted molar refractivity (Wildman–Crippen MR) is 65.3 cm³/mol. The van der Waals surface area contributed by atoms with E-state index >= 15 is 0 Å². The molecule has 0 bridgehead atoms. The van der Waals surface area contributed by atoms with Gasteiger partial charge in [-0.05, 0) is 44.9 Å². The number of nitrogens with one attached hydrogen (secondary N) is 2. The maximum Gasteiger partial charge on any atom is 0.244 e. The molecule has 1 fully saturated rings. The zero-order chi connectivity index (χ0) is 12.3. The fraction of sp³-hybridized carbons (Fsp3) is 0.462. The lowest BCUT2D eigenvalue weighted by Gasteiger charge is -2.33. The molecule has 1 saturated heterocycles. The second-order valence-corrected chi connectivity index (χ2v) is 4.65. The van der Waals surface area contributed by atoms with Crippen LogP contribution in [0.5, 0.6) is 0 Å². The number of piperidine rings is 1. The van der Waals surface area contributed by atoms with Crippen molar-refractivity contribution in [1.82, 2.24) is 5.32 Å². The minimum atomic E-state index is -0.583. The number of hydrogen-bond acceptors (Lipinski definition) is 2. The molecular weight excluding hydrogens is 219 g/mol. The van der Waals surface area contributed by atoms with Gasteiger partial charge in [0.2, 0.25) is 5.91 Å².